The summed E-state index contributed by atoms with van der Waals surface area (Å²) in [5.41, 5.74) is 3.31. The molecule has 1 heterocycles. The highest BCUT2D eigenvalue weighted by molar-refractivity contribution is 6.01. The second-order valence-corrected chi connectivity index (χ2v) is 5.71. The van der Waals surface area contributed by atoms with E-state index in [1.807, 2.05) is 25.1 Å². The molecule has 0 bridgehead atoms. The zero-order valence-corrected chi connectivity index (χ0v) is 13.3. The van der Waals surface area contributed by atoms with E-state index in [1.54, 1.807) is 19.1 Å². The Morgan fingerprint density at radius 2 is 1.83 bits per heavy atom. The number of nitrogens with zero attached hydrogens (tertiary/aromatic N) is 1. The fourth-order valence-corrected chi connectivity index (χ4v) is 2.52. The van der Waals surface area contributed by atoms with E-state index < -0.39 is 5.97 Å². The van der Waals surface area contributed by atoms with Crippen molar-refractivity contribution in [3.05, 3.63) is 58.8 Å². The number of amides is 1. The van der Waals surface area contributed by atoms with E-state index >= 15 is 0 Å². The topological polar surface area (TPSA) is 92.4 Å². The number of fused-ring (bicyclic) bond motifs is 1. The molecule has 3 rings (SSSR count). The molecule has 0 aliphatic carbocycles. The maximum absolute atomic E-state index is 12.3. The number of carbonyl (C=O) groups is 2. The average Bonchev–Trinajstić information content (AvgIpc) is 2.91. The molecule has 122 valence electrons. The van der Waals surface area contributed by atoms with Crippen molar-refractivity contribution in [1.29, 1.82) is 0 Å². The zero-order chi connectivity index (χ0) is 17.3. The molecule has 0 saturated heterocycles. The molecule has 3 aromatic rings. The van der Waals surface area contributed by atoms with Crippen LogP contribution in [0.5, 0.6) is 0 Å². The summed E-state index contributed by atoms with van der Waals surface area (Å²) in [6.45, 7) is 3.74. The standard InChI is InChI=1S/C18H16N2O4/c1-10-3-5-14(13(8-10)18(22)23)19-17(21)9-15-12-7-11(2)4-6-16(12)24-20-15/h3-8H,9H2,1-2H3,(H,19,21)(H,22,23). The van der Waals surface area contributed by atoms with Crippen molar-refractivity contribution in [3.8, 4) is 0 Å². The van der Waals surface area contributed by atoms with Gasteiger partial charge in [0.05, 0.1) is 17.7 Å². The molecule has 24 heavy (non-hydrogen) atoms. The van der Waals surface area contributed by atoms with Gasteiger partial charge in [0, 0.05) is 5.39 Å². The maximum atomic E-state index is 12.3. The van der Waals surface area contributed by atoms with Crippen LogP contribution >= 0.6 is 0 Å². The summed E-state index contributed by atoms with van der Waals surface area (Å²) >= 11 is 0. The van der Waals surface area contributed by atoms with Crippen molar-refractivity contribution < 1.29 is 19.2 Å². The average molecular weight is 324 g/mol. The molecule has 2 N–H and O–H groups in total. The van der Waals surface area contributed by atoms with Crippen LogP contribution in [0.15, 0.2) is 40.9 Å². The van der Waals surface area contributed by atoms with Gasteiger partial charge in [-0.05, 0) is 38.1 Å². The Hall–Kier alpha value is -3.15. The number of anilines is 1. The van der Waals surface area contributed by atoms with Crippen LogP contribution in [0.1, 0.15) is 27.2 Å². The van der Waals surface area contributed by atoms with Gasteiger partial charge in [-0.15, -0.1) is 0 Å². The Morgan fingerprint density at radius 3 is 2.58 bits per heavy atom. The van der Waals surface area contributed by atoms with E-state index in [4.69, 9.17) is 4.52 Å². The Labute approximate surface area is 138 Å². The molecule has 1 amide bonds. The summed E-state index contributed by atoms with van der Waals surface area (Å²) in [5.74, 6) is -1.44. The SMILES string of the molecule is Cc1ccc(NC(=O)Cc2noc3ccc(C)cc23)c(C(=O)O)c1. The minimum atomic E-state index is -1.09. The lowest BCUT2D eigenvalue weighted by atomic mass is 10.1. The fraction of sp³-hybridized carbons (Fsp3) is 0.167. The molecule has 0 atom stereocenters. The van der Waals surface area contributed by atoms with Crippen LogP contribution in [0.25, 0.3) is 11.0 Å². The van der Waals surface area contributed by atoms with Crippen LogP contribution in [0.3, 0.4) is 0 Å². The van der Waals surface area contributed by atoms with Gasteiger partial charge in [-0.3, -0.25) is 4.79 Å². The second-order valence-electron chi connectivity index (χ2n) is 5.71. The second kappa shape index (κ2) is 6.16. The molecule has 0 radical (unpaired) electrons. The Kier molecular flexibility index (Phi) is 4.04. The van der Waals surface area contributed by atoms with Crippen molar-refractivity contribution >= 4 is 28.5 Å². The number of hydrogen-bond donors (Lipinski definition) is 2. The first-order valence-electron chi connectivity index (χ1n) is 7.43. The number of rotatable bonds is 4. The first-order valence-corrected chi connectivity index (χ1v) is 7.43. The molecule has 0 unspecified atom stereocenters. The largest absolute Gasteiger partial charge is 0.478 e. The van der Waals surface area contributed by atoms with E-state index in [-0.39, 0.29) is 23.6 Å². The zero-order valence-electron chi connectivity index (χ0n) is 13.3. The van der Waals surface area contributed by atoms with Crippen LogP contribution in [0, 0.1) is 13.8 Å². The van der Waals surface area contributed by atoms with Crippen molar-refractivity contribution in [2.45, 2.75) is 20.3 Å². The molecular formula is C18H16N2O4. The van der Waals surface area contributed by atoms with Gasteiger partial charge in [0.25, 0.3) is 0 Å². The molecule has 0 aliphatic heterocycles. The molecule has 6 nitrogen and oxygen atoms in total. The molecule has 6 heteroatoms. The van der Waals surface area contributed by atoms with E-state index in [1.165, 1.54) is 6.07 Å². The summed E-state index contributed by atoms with van der Waals surface area (Å²) in [5, 5.41) is 16.6. The van der Waals surface area contributed by atoms with Crippen LogP contribution in [-0.4, -0.2) is 22.1 Å². The Morgan fingerprint density at radius 1 is 1.12 bits per heavy atom. The molecule has 0 saturated carbocycles. The summed E-state index contributed by atoms with van der Waals surface area (Å²) in [6, 6.07) is 10.5. The lowest BCUT2D eigenvalue weighted by Crippen LogP contribution is -2.17. The summed E-state index contributed by atoms with van der Waals surface area (Å²) < 4.78 is 5.21. The van der Waals surface area contributed by atoms with Gasteiger partial charge in [-0.1, -0.05) is 28.4 Å². The predicted octanol–water partition coefficient (Wildman–Crippen LogP) is 3.32. The third kappa shape index (κ3) is 3.12. The number of aryl methyl sites for hydroxylation is 2. The number of carbonyl (C=O) groups excluding carboxylic acids is 1. The lowest BCUT2D eigenvalue weighted by Gasteiger charge is -2.08. The minimum absolute atomic E-state index is 0.00336. The lowest BCUT2D eigenvalue weighted by molar-refractivity contribution is -0.115. The van der Waals surface area contributed by atoms with Gasteiger partial charge >= 0.3 is 5.97 Å². The number of carboxylic acid groups (broad SMARTS) is 1. The molecule has 0 spiro atoms. The predicted molar refractivity (Wildman–Crippen MR) is 89.2 cm³/mol. The molecule has 0 fully saturated rings. The van der Waals surface area contributed by atoms with Gasteiger partial charge in [-0.2, -0.15) is 0 Å². The Bertz CT molecular complexity index is 943. The Balaban J connectivity index is 1.83. The quantitative estimate of drug-likeness (QED) is 0.768. The monoisotopic (exact) mass is 324 g/mol. The highest BCUT2D eigenvalue weighted by Gasteiger charge is 2.16. The minimum Gasteiger partial charge on any atom is -0.478 e. The summed E-state index contributed by atoms with van der Waals surface area (Å²) in [4.78, 5) is 23.6. The van der Waals surface area contributed by atoms with Crippen LogP contribution in [0.2, 0.25) is 0 Å². The maximum Gasteiger partial charge on any atom is 0.337 e. The van der Waals surface area contributed by atoms with Gasteiger partial charge in [0.1, 0.15) is 5.69 Å². The molecular weight excluding hydrogens is 308 g/mol. The summed E-state index contributed by atoms with van der Waals surface area (Å²) in [7, 11) is 0. The van der Waals surface area contributed by atoms with E-state index in [9.17, 15) is 14.7 Å². The normalized spacial score (nSPS) is 10.8. The van der Waals surface area contributed by atoms with Gasteiger partial charge in [0.2, 0.25) is 5.91 Å². The van der Waals surface area contributed by atoms with Crippen LogP contribution < -0.4 is 5.32 Å². The smallest absolute Gasteiger partial charge is 0.337 e. The van der Waals surface area contributed by atoms with E-state index in [2.05, 4.69) is 10.5 Å². The highest BCUT2D eigenvalue weighted by atomic mass is 16.5. The highest BCUT2D eigenvalue weighted by Crippen LogP contribution is 2.22. The van der Waals surface area contributed by atoms with E-state index in [0.29, 0.717) is 11.3 Å². The third-order valence-electron chi connectivity index (χ3n) is 3.71. The van der Waals surface area contributed by atoms with Gasteiger partial charge in [-0.25, -0.2) is 4.79 Å². The molecule has 2 aromatic carbocycles. The number of aromatic nitrogens is 1. The first kappa shape index (κ1) is 15.7. The van der Waals surface area contributed by atoms with Crippen molar-refractivity contribution in [2.24, 2.45) is 0 Å². The van der Waals surface area contributed by atoms with Gasteiger partial charge in [0.15, 0.2) is 5.58 Å². The molecule has 1 aromatic heterocycles. The number of aromatic carboxylic acids is 1. The summed E-state index contributed by atoms with van der Waals surface area (Å²) in [6.07, 6.45) is 0.00336. The van der Waals surface area contributed by atoms with E-state index in [0.717, 1.165) is 16.5 Å². The fourth-order valence-electron chi connectivity index (χ4n) is 2.52. The number of carboxylic acids is 1. The first-order chi connectivity index (χ1) is 11.4. The van der Waals surface area contributed by atoms with Crippen molar-refractivity contribution in [2.75, 3.05) is 5.32 Å². The number of benzene rings is 2. The van der Waals surface area contributed by atoms with Crippen molar-refractivity contribution in [3.63, 3.8) is 0 Å². The van der Waals surface area contributed by atoms with Gasteiger partial charge < -0.3 is 14.9 Å². The number of hydrogen-bond acceptors (Lipinski definition) is 4. The van der Waals surface area contributed by atoms with Crippen molar-refractivity contribution in [1.82, 2.24) is 5.16 Å². The van der Waals surface area contributed by atoms with Crippen LogP contribution in [-0.2, 0) is 11.2 Å². The number of nitrogens with one attached hydrogen (secondary N) is 1. The van der Waals surface area contributed by atoms with Crippen LogP contribution in [0.4, 0.5) is 5.69 Å². The molecule has 0 aliphatic rings. The third-order valence-corrected chi connectivity index (χ3v) is 3.71.